The van der Waals surface area contributed by atoms with E-state index in [0.717, 1.165) is 5.56 Å². The van der Waals surface area contributed by atoms with Crippen molar-refractivity contribution < 1.29 is 9.21 Å². The van der Waals surface area contributed by atoms with Crippen molar-refractivity contribution in [3.05, 3.63) is 30.3 Å². The molecule has 0 aliphatic rings. The summed E-state index contributed by atoms with van der Waals surface area (Å²) in [5.41, 5.74) is 0.869. The molecule has 0 aliphatic carbocycles. The van der Waals surface area contributed by atoms with Crippen LogP contribution in [0.5, 0.6) is 0 Å². The summed E-state index contributed by atoms with van der Waals surface area (Å²) in [4.78, 5) is 13.3. The molecule has 5 nitrogen and oxygen atoms in total. The van der Waals surface area contributed by atoms with E-state index < -0.39 is 0 Å². The Morgan fingerprint density at radius 2 is 1.95 bits per heavy atom. The Labute approximate surface area is 116 Å². The second-order valence-electron chi connectivity index (χ2n) is 4.23. The standard InChI is InChI=1S/C13H15N3O2S/c1-9(12(17)16(2)3)19-13-15-14-11(18-13)10-7-5-4-6-8-10/h4-9H,1-3H3/t9-/m0/s1. The Kier molecular flexibility index (Phi) is 4.21. The monoisotopic (exact) mass is 277 g/mol. The minimum atomic E-state index is -0.251. The van der Waals surface area contributed by atoms with E-state index in [1.165, 1.54) is 11.8 Å². The number of hydrogen-bond donors (Lipinski definition) is 0. The fraction of sp³-hybridized carbons (Fsp3) is 0.308. The lowest BCUT2D eigenvalue weighted by Gasteiger charge is -2.14. The quantitative estimate of drug-likeness (QED) is 0.803. The molecule has 0 aliphatic heterocycles. The number of carbonyl (C=O) groups is 1. The van der Waals surface area contributed by atoms with Gasteiger partial charge >= 0.3 is 0 Å². The lowest BCUT2D eigenvalue weighted by atomic mass is 10.2. The zero-order chi connectivity index (χ0) is 13.8. The summed E-state index contributed by atoms with van der Waals surface area (Å²) in [5.74, 6) is 0.483. The van der Waals surface area contributed by atoms with Crippen LogP contribution < -0.4 is 0 Å². The van der Waals surface area contributed by atoms with Crippen LogP contribution in [0.2, 0.25) is 0 Å². The van der Waals surface area contributed by atoms with Gasteiger partial charge in [0.05, 0.1) is 5.25 Å². The van der Waals surface area contributed by atoms with Gasteiger partial charge in [0, 0.05) is 19.7 Å². The average molecular weight is 277 g/mol. The van der Waals surface area contributed by atoms with E-state index in [1.54, 1.807) is 19.0 Å². The highest BCUT2D eigenvalue weighted by Gasteiger charge is 2.19. The summed E-state index contributed by atoms with van der Waals surface area (Å²) in [7, 11) is 3.45. The topological polar surface area (TPSA) is 59.2 Å². The number of hydrogen-bond acceptors (Lipinski definition) is 5. The van der Waals surface area contributed by atoms with E-state index in [1.807, 2.05) is 37.3 Å². The van der Waals surface area contributed by atoms with Gasteiger partial charge < -0.3 is 9.32 Å². The Hall–Kier alpha value is -1.82. The largest absolute Gasteiger partial charge is 0.411 e. The van der Waals surface area contributed by atoms with Gasteiger partial charge in [0.25, 0.3) is 5.22 Å². The number of thioether (sulfide) groups is 1. The van der Waals surface area contributed by atoms with Crippen molar-refractivity contribution in [2.24, 2.45) is 0 Å². The van der Waals surface area contributed by atoms with Crippen molar-refractivity contribution in [2.45, 2.75) is 17.4 Å². The Balaban J connectivity index is 2.08. The first-order valence-electron chi connectivity index (χ1n) is 5.84. The van der Waals surface area contributed by atoms with Crippen LogP contribution in [0, 0.1) is 0 Å². The Morgan fingerprint density at radius 1 is 1.26 bits per heavy atom. The lowest BCUT2D eigenvalue weighted by molar-refractivity contribution is -0.127. The van der Waals surface area contributed by atoms with E-state index in [-0.39, 0.29) is 11.2 Å². The molecule has 0 spiro atoms. The van der Waals surface area contributed by atoms with Crippen LogP contribution in [-0.2, 0) is 4.79 Å². The van der Waals surface area contributed by atoms with E-state index in [4.69, 9.17) is 4.42 Å². The third-order valence-electron chi connectivity index (χ3n) is 2.49. The minimum Gasteiger partial charge on any atom is -0.411 e. The number of benzene rings is 1. The molecule has 2 aromatic rings. The SMILES string of the molecule is C[C@H](Sc1nnc(-c2ccccc2)o1)C(=O)N(C)C. The van der Waals surface area contributed by atoms with Crippen LogP contribution in [-0.4, -0.2) is 40.3 Å². The first-order chi connectivity index (χ1) is 9.08. The fourth-order valence-electron chi connectivity index (χ4n) is 1.52. The van der Waals surface area contributed by atoms with Crippen molar-refractivity contribution in [1.82, 2.24) is 15.1 Å². The summed E-state index contributed by atoms with van der Waals surface area (Å²) in [6, 6.07) is 9.54. The van der Waals surface area contributed by atoms with Crippen LogP contribution in [0.25, 0.3) is 11.5 Å². The molecule has 0 saturated carbocycles. The van der Waals surface area contributed by atoms with Crippen molar-refractivity contribution in [1.29, 1.82) is 0 Å². The molecule has 1 amide bonds. The van der Waals surface area contributed by atoms with E-state index >= 15 is 0 Å². The molecule has 0 unspecified atom stereocenters. The molecule has 1 aromatic carbocycles. The molecule has 1 heterocycles. The first kappa shape index (κ1) is 13.6. The van der Waals surface area contributed by atoms with Gasteiger partial charge in [0.15, 0.2) is 0 Å². The average Bonchev–Trinajstić information content (AvgIpc) is 2.87. The maximum Gasteiger partial charge on any atom is 0.277 e. The Bertz CT molecular complexity index is 554. The summed E-state index contributed by atoms with van der Waals surface area (Å²) in [6.45, 7) is 1.82. The van der Waals surface area contributed by atoms with E-state index in [9.17, 15) is 4.79 Å². The molecule has 1 atom stereocenters. The maximum atomic E-state index is 11.7. The van der Waals surface area contributed by atoms with Gasteiger partial charge in [-0.15, -0.1) is 10.2 Å². The van der Waals surface area contributed by atoms with Crippen molar-refractivity contribution in [2.75, 3.05) is 14.1 Å². The molecule has 0 fully saturated rings. The summed E-state index contributed by atoms with van der Waals surface area (Å²) >= 11 is 1.26. The summed E-state index contributed by atoms with van der Waals surface area (Å²) < 4.78 is 5.54. The van der Waals surface area contributed by atoms with Crippen LogP contribution in [0.15, 0.2) is 40.0 Å². The van der Waals surface area contributed by atoms with Crippen molar-refractivity contribution in [3.8, 4) is 11.5 Å². The molecule has 0 radical (unpaired) electrons. The number of nitrogens with zero attached hydrogens (tertiary/aromatic N) is 3. The van der Waals surface area contributed by atoms with Gasteiger partial charge in [-0.05, 0) is 19.1 Å². The van der Waals surface area contributed by atoms with Crippen molar-refractivity contribution in [3.63, 3.8) is 0 Å². The van der Waals surface area contributed by atoms with Gasteiger partial charge in [-0.3, -0.25) is 4.79 Å². The molecule has 19 heavy (non-hydrogen) atoms. The normalized spacial score (nSPS) is 12.2. The van der Waals surface area contributed by atoms with Crippen LogP contribution in [0.1, 0.15) is 6.92 Å². The second kappa shape index (κ2) is 5.88. The van der Waals surface area contributed by atoms with E-state index in [2.05, 4.69) is 10.2 Å². The first-order valence-corrected chi connectivity index (χ1v) is 6.72. The second-order valence-corrected chi connectivity index (χ2v) is 5.52. The minimum absolute atomic E-state index is 0.0180. The highest BCUT2D eigenvalue weighted by molar-refractivity contribution is 8.00. The number of rotatable bonds is 4. The van der Waals surface area contributed by atoms with Gasteiger partial charge in [-0.2, -0.15) is 0 Å². The third kappa shape index (κ3) is 3.35. The molecule has 6 heteroatoms. The molecule has 1 aromatic heterocycles. The third-order valence-corrected chi connectivity index (χ3v) is 3.42. The highest BCUT2D eigenvalue weighted by Crippen LogP contribution is 2.26. The van der Waals surface area contributed by atoms with Gasteiger partial charge in [-0.1, -0.05) is 30.0 Å². The van der Waals surface area contributed by atoms with Gasteiger partial charge in [-0.25, -0.2) is 0 Å². The van der Waals surface area contributed by atoms with Gasteiger partial charge in [0.1, 0.15) is 0 Å². The number of carbonyl (C=O) groups excluding carboxylic acids is 1. The summed E-state index contributed by atoms with van der Waals surface area (Å²) in [5, 5.41) is 8.08. The Morgan fingerprint density at radius 3 is 2.58 bits per heavy atom. The van der Waals surface area contributed by atoms with Crippen LogP contribution in [0.3, 0.4) is 0 Å². The molecular weight excluding hydrogens is 262 g/mol. The predicted octanol–water partition coefficient (Wildman–Crippen LogP) is 2.31. The maximum absolute atomic E-state index is 11.7. The zero-order valence-electron chi connectivity index (χ0n) is 11.0. The fourth-order valence-corrected chi connectivity index (χ4v) is 2.35. The molecule has 2 rings (SSSR count). The smallest absolute Gasteiger partial charge is 0.277 e. The van der Waals surface area contributed by atoms with Crippen LogP contribution >= 0.6 is 11.8 Å². The van der Waals surface area contributed by atoms with E-state index in [0.29, 0.717) is 11.1 Å². The predicted molar refractivity (Wildman–Crippen MR) is 73.7 cm³/mol. The summed E-state index contributed by atoms with van der Waals surface area (Å²) in [6.07, 6.45) is 0. The van der Waals surface area contributed by atoms with Gasteiger partial charge in [0.2, 0.25) is 11.8 Å². The molecule has 0 saturated heterocycles. The zero-order valence-corrected chi connectivity index (χ0v) is 11.8. The lowest BCUT2D eigenvalue weighted by Crippen LogP contribution is -2.29. The number of amides is 1. The number of aromatic nitrogens is 2. The molecule has 0 bridgehead atoms. The molecule has 0 N–H and O–H groups in total. The molecule has 100 valence electrons. The van der Waals surface area contributed by atoms with Crippen molar-refractivity contribution >= 4 is 17.7 Å². The molecular formula is C13H15N3O2S. The highest BCUT2D eigenvalue weighted by atomic mass is 32.2. The van der Waals surface area contributed by atoms with Crippen LogP contribution in [0.4, 0.5) is 0 Å².